The lowest BCUT2D eigenvalue weighted by molar-refractivity contribution is -0.00100. The van der Waals surface area contributed by atoms with Crippen molar-refractivity contribution in [2.75, 3.05) is 93.8 Å². The number of aliphatic hydroxyl groups excluding tert-OH is 6. The lowest BCUT2D eigenvalue weighted by Gasteiger charge is -2.33. The molecule has 3 unspecified atom stereocenters. The molecule has 0 fully saturated rings. The maximum absolute atomic E-state index is 9.69. The van der Waals surface area contributed by atoms with E-state index in [1.54, 1.807) is 0 Å². The van der Waals surface area contributed by atoms with Gasteiger partial charge in [-0.3, -0.25) is 0 Å². The molecule has 0 aromatic rings. The van der Waals surface area contributed by atoms with Crippen LogP contribution in [0.15, 0.2) is 0 Å². The normalized spacial score (nSPS) is 13.9. The highest BCUT2D eigenvalue weighted by molar-refractivity contribution is 7.76. The van der Waals surface area contributed by atoms with Crippen LogP contribution in [0, 0.1) is 53.3 Å². The lowest BCUT2D eigenvalue weighted by Crippen LogP contribution is -3.00. The topological polar surface area (TPSA) is 121 Å². The van der Waals surface area contributed by atoms with Crippen LogP contribution < -0.4 is 53.4 Å². The van der Waals surface area contributed by atoms with E-state index in [1.165, 1.54) is 55.5 Å². The van der Waals surface area contributed by atoms with Gasteiger partial charge in [0.25, 0.3) is 0 Å². The first-order valence-corrected chi connectivity index (χ1v) is 31.1. The molecular weight excluding hydrogens is 1010 g/mol. The summed E-state index contributed by atoms with van der Waals surface area (Å²) < 4.78 is 0. The van der Waals surface area contributed by atoms with Crippen molar-refractivity contribution in [3.05, 3.63) is 0 Å². The summed E-state index contributed by atoms with van der Waals surface area (Å²) >= 11 is 0. The summed E-state index contributed by atoms with van der Waals surface area (Å²) in [5.74, 6) is 6.60. The Balaban J connectivity index is -0.000000178. The Hall–Kier alpha value is 2.55. The van der Waals surface area contributed by atoms with Gasteiger partial charge in [-0.05, 0) is 53.3 Å². The number of rotatable bonds is 30. The molecule has 0 bridgehead atoms. The van der Waals surface area contributed by atoms with E-state index in [2.05, 4.69) is 125 Å². The van der Waals surface area contributed by atoms with Gasteiger partial charge in [-0.2, -0.15) is 0 Å². The largest absolute Gasteiger partial charge is 1.00 e. The van der Waals surface area contributed by atoms with E-state index in [4.69, 9.17) is 15.3 Å². The van der Waals surface area contributed by atoms with Gasteiger partial charge in [0.15, 0.2) is 0 Å². The molecule has 0 heterocycles. The van der Waals surface area contributed by atoms with Crippen LogP contribution in [0.1, 0.15) is 144 Å². The fourth-order valence-electron chi connectivity index (χ4n) is 10.0. The molecule has 0 aromatic carbocycles. The van der Waals surface area contributed by atoms with Gasteiger partial charge in [-0.1, -0.05) is 125 Å². The third-order valence-corrected chi connectivity index (χ3v) is 27.4. The quantitative estimate of drug-likeness (QED) is 0.0486. The first-order chi connectivity index (χ1) is 26.1. The molecule has 0 aliphatic carbocycles. The van der Waals surface area contributed by atoms with Gasteiger partial charge < -0.3 is 84.0 Å². The van der Waals surface area contributed by atoms with Crippen molar-refractivity contribution in [1.29, 1.82) is 0 Å². The fraction of sp³-hybridized carbons (Fsp3) is 1.00. The highest BCUT2D eigenvalue weighted by Crippen LogP contribution is 2.64. The molecule has 6 nitrogen and oxygen atoms in total. The van der Waals surface area contributed by atoms with Crippen LogP contribution >= 0.6 is 21.8 Å². The van der Waals surface area contributed by atoms with Gasteiger partial charge in [0.1, 0.15) is 0 Å². The van der Waals surface area contributed by atoms with E-state index in [1.807, 2.05) is 0 Å². The molecule has 3 atom stereocenters. The zero-order valence-electron chi connectivity index (χ0n) is 42.8. The van der Waals surface area contributed by atoms with Crippen molar-refractivity contribution in [3.63, 3.8) is 0 Å². The molecule has 0 aliphatic rings. The van der Waals surface area contributed by atoms with Crippen LogP contribution in [0.4, 0.5) is 0 Å². The van der Waals surface area contributed by atoms with Crippen molar-refractivity contribution in [2.24, 2.45) is 53.3 Å². The molecule has 0 saturated carbocycles. The van der Waals surface area contributed by atoms with Crippen molar-refractivity contribution < 1.29 is 84.0 Å². The van der Waals surface area contributed by atoms with Gasteiger partial charge in [-0.15, -0.1) is 0 Å². The molecule has 0 spiro atoms. The van der Waals surface area contributed by atoms with Crippen LogP contribution in [0.25, 0.3) is 0 Å². The molecule has 0 radical (unpaired) electrons. The molecule has 0 aliphatic heterocycles. The summed E-state index contributed by atoms with van der Waals surface area (Å²) in [5, 5.41) is 56.2. The number of hydrogen-bond acceptors (Lipinski definition) is 6. The lowest BCUT2D eigenvalue weighted by atomic mass is 10.2. The van der Waals surface area contributed by atoms with Crippen LogP contribution in [-0.2, 0) is 0 Å². The van der Waals surface area contributed by atoms with Crippen LogP contribution in [0.3, 0.4) is 0 Å². The summed E-state index contributed by atoms with van der Waals surface area (Å²) in [7, 11) is -3.01. The molecule has 60 heavy (non-hydrogen) atoms. The Morgan fingerprint density at radius 2 is 0.417 bits per heavy atom. The van der Waals surface area contributed by atoms with Gasteiger partial charge in [0.2, 0.25) is 0 Å². The molecule has 0 rings (SSSR count). The minimum Gasteiger partial charge on any atom is -1.00 e. The third kappa shape index (κ3) is 41.9. The number of aliphatic hydroxyl groups is 6. The van der Waals surface area contributed by atoms with E-state index in [-0.39, 0.29) is 73.2 Å². The van der Waals surface area contributed by atoms with E-state index in [0.717, 1.165) is 91.0 Å². The summed E-state index contributed by atoms with van der Waals surface area (Å²) in [5.41, 5.74) is 0. The molecule has 12 heteroatoms. The van der Waals surface area contributed by atoms with Crippen molar-refractivity contribution in [2.45, 2.75) is 162 Å². The molecular formula is C48H108BrClIO6P3. The second kappa shape index (κ2) is 40.6. The highest BCUT2D eigenvalue weighted by atomic mass is 127. The van der Waals surface area contributed by atoms with Crippen LogP contribution in [0.5, 0.6) is 0 Å². The first-order valence-electron chi connectivity index (χ1n) is 23.5. The Morgan fingerprint density at radius 1 is 0.300 bits per heavy atom. The number of hydrogen-bond donors (Lipinski definition) is 6. The maximum atomic E-state index is 9.69. The average molecular weight is 1120 g/mol. The van der Waals surface area contributed by atoms with Gasteiger partial charge >= 0.3 is 0 Å². The minimum absolute atomic E-state index is 0. The second-order valence-electron chi connectivity index (χ2n) is 22.3. The number of halogens is 3. The van der Waals surface area contributed by atoms with Gasteiger partial charge in [-0.25, -0.2) is 0 Å². The standard InChI is InChI=1S/3C16H36O2P.BrH.ClH.HI/c3*1-13(2)10-19(11-14(3)4,12-15(5)6)8-7-16(18)9-17;;;/h3*13-18H,7-12H2,1-6H3;3*1H/q3*+1;;;/p-3. The summed E-state index contributed by atoms with van der Waals surface area (Å²) in [4.78, 5) is 0. The Kier molecular flexibility index (Phi) is 50.1. The zero-order valence-corrected chi connectivity index (χ0v) is 50.0. The van der Waals surface area contributed by atoms with Gasteiger partial charge in [0.05, 0.1) is 112 Å². The summed E-state index contributed by atoms with van der Waals surface area (Å²) in [6, 6.07) is 0. The second-order valence-corrected chi connectivity index (χ2v) is 34.9. The molecule has 6 N–H and O–H groups in total. The maximum Gasteiger partial charge on any atom is 0.0805 e. The first kappa shape index (κ1) is 74.1. The smallest absolute Gasteiger partial charge is 0.0805 e. The molecule has 0 saturated heterocycles. The van der Waals surface area contributed by atoms with E-state index in [0.29, 0.717) is 0 Å². The average Bonchev–Trinajstić information content (AvgIpc) is 3.02. The highest BCUT2D eigenvalue weighted by Gasteiger charge is 2.41. The van der Waals surface area contributed by atoms with Crippen molar-refractivity contribution in [1.82, 2.24) is 0 Å². The Bertz CT molecular complexity index is 737. The molecule has 372 valence electrons. The predicted molar refractivity (Wildman–Crippen MR) is 266 cm³/mol. The zero-order chi connectivity index (χ0) is 45.2. The van der Waals surface area contributed by atoms with Crippen molar-refractivity contribution in [3.8, 4) is 0 Å². The van der Waals surface area contributed by atoms with E-state index < -0.39 is 40.1 Å². The SMILES string of the molecule is CC(C)C[P+](CCC(O)CO)(CC(C)C)CC(C)C.CC(C)C[P+](CCC(O)CO)(CC(C)C)CC(C)C.CC(C)C[P+](CCC(O)CO)(CC(C)C)CC(C)C.[Br-].[Cl-].[I-]. The minimum atomic E-state index is -1.00. The monoisotopic (exact) mass is 1110 g/mol. The van der Waals surface area contributed by atoms with Crippen LogP contribution in [-0.4, -0.2) is 143 Å². The van der Waals surface area contributed by atoms with E-state index >= 15 is 0 Å². The van der Waals surface area contributed by atoms with Crippen LogP contribution in [0.2, 0.25) is 0 Å². The third-order valence-electron chi connectivity index (χ3n) is 10.2. The molecule has 0 aromatic heterocycles. The molecule has 0 amide bonds. The summed E-state index contributed by atoms with van der Waals surface area (Å²) in [6.45, 7) is 41.4. The predicted octanol–water partition coefficient (Wildman–Crippen LogP) is 2.16. The van der Waals surface area contributed by atoms with Crippen molar-refractivity contribution >= 4 is 21.8 Å². The Morgan fingerprint density at radius 3 is 0.500 bits per heavy atom. The van der Waals surface area contributed by atoms with E-state index in [9.17, 15) is 15.3 Å². The Labute approximate surface area is 412 Å². The fourth-order valence-corrected chi connectivity index (χ4v) is 29.5. The van der Waals surface area contributed by atoms with Gasteiger partial charge in [0, 0.05) is 41.0 Å². The summed E-state index contributed by atoms with van der Waals surface area (Å²) in [6.07, 6.45) is 16.2.